The Hall–Kier alpha value is -3.09. The second-order valence-electron chi connectivity index (χ2n) is 8.61. The van der Waals surface area contributed by atoms with Crippen molar-refractivity contribution in [3.8, 4) is 5.75 Å². The van der Waals surface area contributed by atoms with Gasteiger partial charge in [-0.05, 0) is 69.0 Å². The fourth-order valence-electron chi connectivity index (χ4n) is 3.38. The maximum absolute atomic E-state index is 13.2. The number of hydrogen-bond donors (Lipinski definition) is 1. The Labute approximate surface area is 182 Å². The Morgan fingerprint density at radius 3 is 2.55 bits per heavy atom. The lowest BCUT2D eigenvalue weighted by atomic mass is 10.2. The minimum atomic E-state index is -0.598. The van der Waals surface area contributed by atoms with Gasteiger partial charge in [-0.3, -0.25) is 9.69 Å². The second kappa shape index (κ2) is 9.81. The highest BCUT2D eigenvalue weighted by Gasteiger charge is 2.36. The van der Waals surface area contributed by atoms with Crippen LogP contribution >= 0.6 is 0 Å². The van der Waals surface area contributed by atoms with E-state index in [9.17, 15) is 14.0 Å². The van der Waals surface area contributed by atoms with Crippen molar-refractivity contribution in [3.05, 3.63) is 65.5 Å². The number of benzene rings is 2. The summed E-state index contributed by atoms with van der Waals surface area (Å²) in [5.41, 5.74) is 1.06. The zero-order valence-electron chi connectivity index (χ0n) is 18.2. The average molecular weight is 429 g/mol. The molecule has 1 fully saturated rings. The van der Waals surface area contributed by atoms with Crippen molar-refractivity contribution in [2.24, 2.45) is 0 Å². The lowest BCUT2D eigenvalue weighted by Gasteiger charge is -2.28. The number of likely N-dealkylation sites (tertiary alicyclic amines) is 1. The van der Waals surface area contributed by atoms with Crippen LogP contribution in [-0.2, 0) is 22.7 Å². The third-order valence-electron chi connectivity index (χ3n) is 4.87. The molecule has 1 aliphatic heterocycles. The molecule has 166 valence electrons. The van der Waals surface area contributed by atoms with E-state index in [0.717, 1.165) is 17.5 Å². The number of amides is 2. The summed E-state index contributed by atoms with van der Waals surface area (Å²) in [5.74, 6) is 0.181. The van der Waals surface area contributed by atoms with Crippen LogP contribution in [0.2, 0.25) is 0 Å². The van der Waals surface area contributed by atoms with Crippen LogP contribution in [0.15, 0.2) is 48.5 Å². The number of rotatable bonds is 6. The molecule has 0 radical (unpaired) electrons. The second-order valence-corrected chi connectivity index (χ2v) is 8.61. The molecule has 31 heavy (non-hydrogen) atoms. The fourth-order valence-corrected chi connectivity index (χ4v) is 3.38. The lowest BCUT2D eigenvalue weighted by molar-refractivity contribution is -0.125. The molecule has 1 atom stereocenters. The summed E-state index contributed by atoms with van der Waals surface area (Å²) in [6.07, 6.45) is 0.942. The summed E-state index contributed by atoms with van der Waals surface area (Å²) in [5, 5.41) is 2.90. The van der Waals surface area contributed by atoms with Gasteiger partial charge in [0.2, 0.25) is 5.91 Å². The first-order valence-electron chi connectivity index (χ1n) is 10.4. The molecule has 2 amide bonds. The zero-order valence-corrected chi connectivity index (χ0v) is 18.2. The molecule has 1 saturated heterocycles. The van der Waals surface area contributed by atoms with Gasteiger partial charge in [-0.25, -0.2) is 9.18 Å². The molecule has 1 heterocycles. The highest BCUT2D eigenvalue weighted by atomic mass is 19.1. The number of nitrogens with zero attached hydrogens (tertiary/aromatic N) is 1. The summed E-state index contributed by atoms with van der Waals surface area (Å²) in [6.45, 7) is 6.56. The molecule has 0 aromatic heterocycles. The molecule has 0 saturated carbocycles. The van der Waals surface area contributed by atoms with Gasteiger partial charge in [0.1, 0.15) is 29.8 Å². The van der Waals surface area contributed by atoms with E-state index in [1.54, 1.807) is 12.1 Å². The lowest BCUT2D eigenvalue weighted by Crippen LogP contribution is -2.47. The van der Waals surface area contributed by atoms with Gasteiger partial charge in [-0.15, -0.1) is 0 Å². The van der Waals surface area contributed by atoms with Crippen LogP contribution in [0.5, 0.6) is 5.75 Å². The van der Waals surface area contributed by atoms with E-state index in [1.807, 2.05) is 45.0 Å². The molecule has 6 nitrogen and oxygen atoms in total. The van der Waals surface area contributed by atoms with E-state index in [1.165, 1.54) is 17.0 Å². The van der Waals surface area contributed by atoms with E-state index >= 15 is 0 Å². The van der Waals surface area contributed by atoms with Gasteiger partial charge in [0.15, 0.2) is 0 Å². The molecule has 1 N–H and O–H groups in total. The Morgan fingerprint density at radius 1 is 1.13 bits per heavy atom. The Morgan fingerprint density at radius 2 is 1.87 bits per heavy atom. The molecule has 3 rings (SSSR count). The highest BCUT2D eigenvalue weighted by molar-refractivity contribution is 5.86. The number of ether oxygens (including phenoxy) is 2. The largest absolute Gasteiger partial charge is 0.489 e. The van der Waals surface area contributed by atoms with Crippen molar-refractivity contribution in [3.63, 3.8) is 0 Å². The van der Waals surface area contributed by atoms with Gasteiger partial charge in [-0.2, -0.15) is 0 Å². The first-order valence-corrected chi connectivity index (χ1v) is 10.4. The number of halogens is 1. The quantitative estimate of drug-likeness (QED) is 0.740. The summed E-state index contributed by atoms with van der Waals surface area (Å²) >= 11 is 0. The predicted octanol–water partition coefficient (Wildman–Crippen LogP) is 4.42. The first-order chi connectivity index (χ1) is 14.7. The van der Waals surface area contributed by atoms with Crippen LogP contribution in [0.4, 0.5) is 9.18 Å². The molecule has 7 heteroatoms. The van der Waals surface area contributed by atoms with Crippen LogP contribution in [0.1, 0.15) is 44.7 Å². The van der Waals surface area contributed by atoms with Gasteiger partial charge >= 0.3 is 6.09 Å². The molecular formula is C24H29FN2O4. The van der Waals surface area contributed by atoms with Gasteiger partial charge in [-0.1, -0.05) is 24.3 Å². The van der Waals surface area contributed by atoms with Crippen LogP contribution < -0.4 is 10.1 Å². The zero-order chi connectivity index (χ0) is 22.4. The highest BCUT2D eigenvalue weighted by Crippen LogP contribution is 2.21. The minimum absolute atomic E-state index is 0.185. The van der Waals surface area contributed by atoms with E-state index < -0.39 is 17.7 Å². The smallest absolute Gasteiger partial charge is 0.410 e. The van der Waals surface area contributed by atoms with Crippen molar-refractivity contribution in [2.45, 2.75) is 58.4 Å². The molecule has 1 aliphatic rings. The van der Waals surface area contributed by atoms with E-state index in [2.05, 4.69) is 5.32 Å². The van der Waals surface area contributed by atoms with Gasteiger partial charge < -0.3 is 14.8 Å². The monoisotopic (exact) mass is 428 g/mol. The molecule has 2 aromatic carbocycles. The average Bonchev–Trinajstić information content (AvgIpc) is 3.20. The Bertz CT molecular complexity index is 909. The standard InChI is InChI=1S/C24H29FN2O4/c1-24(2,3)31-23(29)27-13-5-8-21(27)22(28)26-15-17-9-11-20(12-10-17)30-16-18-6-4-7-19(25)14-18/h4,6-7,9-12,14,21H,5,8,13,15-16H2,1-3H3,(H,26,28)/t21-/m0/s1. The van der Waals surface area contributed by atoms with Crippen molar-refractivity contribution >= 4 is 12.0 Å². The predicted molar refractivity (Wildman–Crippen MR) is 115 cm³/mol. The Balaban J connectivity index is 1.49. The molecule has 0 bridgehead atoms. The van der Waals surface area contributed by atoms with Crippen molar-refractivity contribution in [1.29, 1.82) is 0 Å². The SMILES string of the molecule is CC(C)(C)OC(=O)N1CCC[C@H]1C(=O)NCc1ccc(OCc2cccc(F)c2)cc1. The van der Waals surface area contributed by atoms with E-state index in [4.69, 9.17) is 9.47 Å². The van der Waals surface area contributed by atoms with Gasteiger partial charge in [0.25, 0.3) is 0 Å². The third-order valence-corrected chi connectivity index (χ3v) is 4.87. The van der Waals surface area contributed by atoms with Crippen LogP contribution in [0.25, 0.3) is 0 Å². The maximum Gasteiger partial charge on any atom is 0.410 e. The topological polar surface area (TPSA) is 67.9 Å². The summed E-state index contributed by atoms with van der Waals surface area (Å²) < 4.78 is 24.3. The van der Waals surface area contributed by atoms with Crippen LogP contribution in [-0.4, -0.2) is 35.1 Å². The molecule has 2 aromatic rings. The number of hydrogen-bond acceptors (Lipinski definition) is 4. The first kappa shape index (κ1) is 22.6. The third kappa shape index (κ3) is 6.70. The van der Waals surface area contributed by atoms with Gasteiger partial charge in [0.05, 0.1) is 0 Å². The molecule has 0 aliphatic carbocycles. The van der Waals surface area contributed by atoms with Crippen LogP contribution in [0.3, 0.4) is 0 Å². The summed E-state index contributed by atoms with van der Waals surface area (Å²) in [6, 6.07) is 13.1. The number of carbonyl (C=O) groups is 2. The van der Waals surface area contributed by atoms with Crippen molar-refractivity contribution in [1.82, 2.24) is 10.2 Å². The summed E-state index contributed by atoms with van der Waals surface area (Å²) in [4.78, 5) is 26.5. The Kier molecular flexibility index (Phi) is 7.15. The van der Waals surface area contributed by atoms with Crippen LogP contribution in [0, 0.1) is 5.82 Å². The molecule has 0 spiro atoms. The van der Waals surface area contributed by atoms with Gasteiger partial charge in [0, 0.05) is 13.1 Å². The summed E-state index contributed by atoms with van der Waals surface area (Å²) in [7, 11) is 0. The van der Waals surface area contributed by atoms with Crippen molar-refractivity contribution < 1.29 is 23.5 Å². The molecular weight excluding hydrogens is 399 g/mol. The van der Waals surface area contributed by atoms with E-state index in [-0.39, 0.29) is 18.3 Å². The molecule has 0 unspecified atom stereocenters. The van der Waals surface area contributed by atoms with Crippen molar-refractivity contribution in [2.75, 3.05) is 6.54 Å². The fraction of sp³-hybridized carbons (Fsp3) is 0.417. The normalized spacial score (nSPS) is 16.1. The van der Waals surface area contributed by atoms with E-state index in [0.29, 0.717) is 25.3 Å². The number of nitrogens with one attached hydrogen (secondary N) is 1. The maximum atomic E-state index is 13.2. The number of carbonyl (C=O) groups excluding carboxylic acids is 2. The minimum Gasteiger partial charge on any atom is -0.489 e.